The topological polar surface area (TPSA) is 193 Å². The predicted molar refractivity (Wildman–Crippen MR) is 152 cm³/mol. The van der Waals surface area contributed by atoms with Gasteiger partial charge in [-0.2, -0.15) is 0 Å². The number of amides is 1. The summed E-state index contributed by atoms with van der Waals surface area (Å²) < 4.78 is 27.4. The van der Waals surface area contributed by atoms with E-state index in [4.69, 9.17) is 23.7 Å². The first-order valence-electron chi connectivity index (χ1n) is 14.0. The number of benzene rings is 2. The second kappa shape index (κ2) is 13.4. The van der Waals surface area contributed by atoms with Crippen LogP contribution < -0.4 is 14.8 Å². The van der Waals surface area contributed by atoms with Crippen LogP contribution in [0.4, 0.5) is 0 Å². The Labute approximate surface area is 252 Å². The van der Waals surface area contributed by atoms with E-state index in [-0.39, 0.29) is 30.5 Å². The number of hydrogen-bond acceptors (Lipinski definition) is 12. The normalized spacial score (nSPS) is 32.3. The van der Waals surface area contributed by atoms with Gasteiger partial charge in [0.1, 0.15) is 61.9 Å². The summed E-state index contributed by atoms with van der Waals surface area (Å²) in [4.78, 5) is 25.5. The number of para-hydroxylation sites is 1. The number of ether oxygens (including phenoxy) is 5. The molecule has 1 saturated carbocycles. The monoisotopic (exact) mass is 613 g/mol. The van der Waals surface area contributed by atoms with Crippen LogP contribution in [0.1, 0.15) is 19.4 Å². The van der Waals surface area contributed by atoms with Crippen molar-refractivity contribution in [2.45, 2.75) is 68.9 Å². The molecule has 13 heteroatoms. The van der Waals surface area contributed by atoms with Crippen LogP contribution in [-0.2, 0) is 23.8 Å². The smallest absolute Gasteiger partial charge is 0.263 e. The van der Waals surface area contributed by atoms with Crippen molar-refractivity contribution >= 4 is 17.8 Å². The van der Waals surface area contributed by atoms with Crippen LogP contribution in [-0.4, -0.2) is 106 Å². The molecule has 2 saturated heterocycles. The van der Waals surface area contributed by atoms with Gasteiger partial charge in [-0.15, -0.1) is 0 Å². The van der Waals surface area contributed by atoms with E-state index in [0.29, 0.717) is 16.9 Å². The van der Waals surface area contributed by atoms with Crippen LogP contribution in [0.2, 0.25) is 0 Å². The van der Waals surface area contributed by atoms with Crippen molar-refractivity contribution in [3.05, 3.63) is 71.3 Å². The maximum Gasteiger partial charge on any atom is 0.263 e. The van der Waals surface area contributed by atoms with E-state index in [1.54, 1.807) is 25.1 Å². The van der Waals surface area contributed by atoms with Gasteiger partial charge in [0, 0.05) is 5.57 Å². The molecule has 6 N–H and O–H groups in total. The molecule has 0 bridgehead atoms. The van der Waals surface area contributed by atoms with Crippen molar-refractivity contribution in [1.82, 2.24) is 5.32 Å². The molecule has 0 aromatic heterocycles. The summed E-state index contributed by atoms with van der Waals surface area (Å²) >= 11 is 0. The fourth-order valence-corrected chi connectivity index (χ4v) is 5.28. The number of phenols is 1. The Balaban J connectivity index is 1.18. The Morgan fingerprint density at radius 2 is 1.70 bits per heavy atom. The average Bonchev–Trinajstić information content (AvgIpc) is 3.61. The van der Waals surface area contributed by atoms with Crippen LogP contribution in [0.15, 0.2) is 65.8 Å². The highest BCUT2D eigenvalue weighted by Crippen LogP contribution is 2.33. The van der Waals surface area contributed by atoms with Crippen molar-refractivity contribution in [3.63, 3.8) is 0 Å². The zero-order valence-corrected chi connectivity index (χ0v) is 24.0. The van der Waals surface area contributed by atoms with Gasteiger partial charge in [-0.1, -0.05) is 24.3 Å². The van der Waals surface area contributed by atoms with Crippen molar-refractivity contribution in [1.29, 1.82) is 0 Å². The maximum atomic E-state index is 12.8. The van der Waals surface area contributed by atoms with Gasteiger partial charge in [-0.3, -0.25) is 9.59 Å². The number of rotatable bonds is 9. The number of ketones is 1. The fraction of sp³-hybridized carbons (Fsp3) is 0.419. The summed E-state index contributed by atoms with van der Waals surface area (Å²) in [5, 5.41) is 54.9. The number of nitrogens with one attached hydrogen (secondary N) is 1. The van der Waals surface area contributed by atoms with Crippen LogP contribution in [0, 0.1) is 0 Å². The first kappa shape index (κ1) is 31.6. The minimum absolute atomic E-state index is 0.0831. The summed E-state index contributed by atoms with van der Waals surface area (Å²) in [6.07, 6.45) is -6.77. The lowest BCUT2D eigenvalue weighted by Crippen LogP contribution is -2.67. The molecule has 236 valence electrons. The molecule has 9 atom stereocenters. The molecule has 2 aromatic carbocycles. The van der Waals surface area contributed by atoms with E-state index >= 15 is 0 Å². The van der Waals surface area contributed by atoms with E-state index in [9.17, 15) is 35.1 Å². The Morgan fingerprint density at radius 3 is 2.41 bits per heavy atom. The number of carbonyl (C=O) groups excluding carboxylic acids is 2. The summed E-state index contributed by atoms with van der Waals surface area (Å²) in [6.45, 7) is 3.23. The number of aromatic hydroxyl groups is 1. The molecule has 1 aliphatic carbocycles. The Bertz CT molecular complexity index is 1410. The van der Waals surface area contributed by atoms with Gasteiger partial charge in [0.05, 0.1) is 6.04 Å². The van der Waals surface area contributed by atoms with Crippen molar-refractivity contribution in [2.24, 2.45) is 0 Å². The van der Waals surface area contributed by atoms with Gasteiger partial charge in [0.15, 0.2) is 11.5 Å². The quantitative estimate of drug-likeness (QED) is 0.166. The summed E-state index contributed by atoms with van der Waals surface area (Å²) in [5.41, 5.74) is 1.13. The van der Waals surface area contributed by atoms with E-state index in [1.807, 2.05) is 18.2 Å². The molecular formula is C31H35NO12. The largest absolute Gasteiger partial charge is 0.504 e. The number of carbonyl (C=O) groups is 2. The number of aliphatic hydroxyl groups excluding tert-OH is 4. The molecule has 0 spiro atoms. The molecule has 9 unspecified atom stereocenters. The van der Waals surface area contributed by atoms with Crippen molar-refractivity contribution < 1.29 is 58.8 Å². The molecule has 13 nitrogen and oxygen atoms in total. The highest BCUT2D eigenvalue weighted by atomic mass is 16.7. The van der Waals surface area contributed by atoms with Crippen LogP contribution in [0.3, 0.4) is 0 Å². The Kier molecular flexibility index (Phi) is 9.65. The zero-order chi connectivity index (χ0) is 31.5. The van der Waals surface area contributed by atoms with E-state index < -0.39 is 66.8 Å². The lowest BCUT2D eigenvalue weighted by atomic mass is 9.83. The van der Waals surface area contributed by atoms with Crippen LogP contribution >= 0.6 is 0 Å². The molecule has 44 heavy (non-hydrogen) atoms. The third-order valence-electron chi connectivity index (χ3n) is 7.79. The first-order valence-corrected chi connectivity index (χ1v) is 14.0. The van der Waals surface area contributed by atoms with E-state index in [2.05, 4.69) is 5.32 Å². The summed E-state index contributed by atoms with van der Waals surface area (Å²) in [5.74, 6) is -1.11. The Morgan fingerprint density at radius 1 is 1.00 bits per heavy atom. The summed E-state index contributed by atoms with van der Waals surface area (Å²) in [6, 6.07) is 12.1. The molecule has 1 amide bonds. The third-order valence-corrected chi connectivity index (χ3v) is 7.79. The minimum atomic E-state index is -1.49. The van der Waals surface area contributed by atoms with Crippen molar-refractivity contribution in [3.8, 4) is 17.2 Å². The second-order valence-corrected chi connectivity index (χ2v) is 10.8. The SMILES string of the molecule is C/C(=C/COc1ccccc1)C1OC(Oc2ccc(/C=C(\C)C(=O)NC3C(O)C(O)C4OCOC4C3O)cc2O)C(=O)C1O. The molecule has 2 aliphatic heterocycles. The van der Waals surface area contributed by atoms with Gasteiger partial charge < -0.3 is 54.5 Å². The Hall–Kier alpha value is -3.82. The number of Topliss-reactive ketones (excluding diaryl/α,β-unsaturated/α-hetero) is 1. The van der Waals surface area contributed by atoms with Gasteiger partial charge in [-0.25, -0.2) is 0 Å². The number of phenolic OH excluding ortho intramolecular Hbond substituents is 1. The molecule has 5 rings (SSSR count). The van der Waals surface area contributed by atoms with Crippen LogP contribution in [0.5, 0.6) is 17.2 Å². The standard InChI is InChI=1S/C31H35NO12/c1-15(10-11-40-18-6-4-3-5-7-18)27-25(37)26(38)31(44-27)43-20-9-8-17(13-19(20)33)12-16(2)30(39)32-21-22(34)24(36)29-28(23(21)35)41-14-42-29/h3-10,12-13,21-25,27-29,31,33-37H,11,14H2,1-2H3,(H,32,39)/b15-10-,16-12+. The molecule has 3 fully saturated rings. The highest BCUT2D eigenvalue weighted by Gasteiger charge is 2.53. The highest BCUT2D eigenvalue weighted by molar-refractivity contribution is 5.97. The zero-order valence-electron chi connectivity index (χ0n) is 24.0. The molecular weight excluding hydrogens is 578 g/mol. The molecule has 2 aromatic rings. The lowest BCUT2D eigenvalue weighted by molar-refractivity contribution is -0.155. The lowest BCUT2D eigenvalue weighted by Gasteiger charge is -2.41. The third kappa shape index (κ3) is 6.64. The fourth-order valence-electron chi connectivity index (χ4n) is 5.28. The van der Waals surface area contributed by atoms with Crippen LogP contribution in [0.25, 0.3) is 6.08 Å². The van der Waals surface area contributed by atoms with Crippen molar-refractivity contribution in [2.75, 3.05) is 13.4 Å². The number of aliphatic hydroxyl groups is 4. The van der Waals surface area contributed by atoms with Gasteiger partial charge >= 0.3 is 0 Å². The average molecular weight is 614 g/mol. The molecule has 3 aliphatic rings. The number of hydrogen-bond donors (Lipinski definition) is 6. The minimum Gasteiger partial charge on any atom is -0.504 e. The predicted octanol–water partition coefficient (Wildman–Crippen LogP) is 0.177. The first-order chi connectivity index (χ1) is 21.0. The van der Waals surface area contributed by atoms with Gasteiger partial charge in [-0.05, 0) is 61.4 Å². The molecule has 0 radical (unpaired) electrons. The van der Waals surface area contributed by atoms with E-state index in [0.717, 1.165) is 0 Å². The van der Waals surface area contributed by atoms with Gasteiger partial charge in [0.25, 0.3) is 6.29 Å². The second-order valence-electron chi connectivity index (χ2n) is 10.8. The van der Waals surface area contributed by atoms with Gasteiger partial charge in [0.2, 0.25) is 11.7 Å². The number of fused-ring (bicyclic) bond motifs is 1. The maximum absolute atomic E-state index is 12.8. The summed E-state index contributed by atoms with van der Waals surface area (Å²) in [7, 11) is 0. The van der Waals surface area contributed by atoms with E-state index in [1.165, 1.54) is 31.2 Å². The molecule has 2 heterocycles.